The Balaban J connectivity index is 0.709. The van der Waals surface area contributed by atoms with E-state index in [1.807, 2.05) is 120 Å². The second-order valence-electron chi connectivity index (χ2n) is 21.3. The summed E-state index contributed by atoms with van der Waals surface area (Å²) in [6, 6.07) is 29.1. The van der Waals surface area contributed by atoms with E-state index in [0.29, 0.717) is 65.9 Å². The van der Waals surface area contributed by atoms with Crippen LogP contribution in [0, 0.1) is 12.3 Å². The van der Waals surface area contributed by atoms with Gasteiger partial charge in [0.2, 0.25) is 17.7 Å². The van der Waals surface area contributed by atoms with Crippen LogP contribution in [0.25, 0.3) is 32.2 Å². The molecule has 4 aromatic carbocycles. The third-order valence-electron chi connectivity index (χ3n) is 15.0. The number of piperidine rings is 2. The smallest absolute Gasteiger partial charge is 0.358 e. The van der Waals surface area contributed by atoms with Gasteiger partial charge in [0.05, 0.1) is 40.0 Å². The summed E-state index contributed by atoms with van der Waals surface area (Å²) in [5, 5.41) is 14.5. The maximum Gasteiger partial charge on any atom is 0.358 e. The van der Waals surface area contributed by atoms with E-state index in [0.717, 1.165) is 87.9 Å². The number of aromatic nitrogens is 4. The van der Waals surface area contributed by atoms with Gasteiger partial charge in [0.25, 0.3) is 5.91 Å². The molecule has 4 aliphatic rings. The first-order valence-electron chi connectivity index (χ1n) is 25.4. The molecule has 6 heterocycles. The highest BCUT2D eigenvalue weighted by atomic mass is 32.1. The van der Waals surface area contributed by atoms with Crippen LogP contribution in [0.5, 0.6) is 5.75 Å². The summed E-state index contributed by atoms with van der Waals surface area (Å²) in [5.74, 6) is -0.505. The zero-order chi connectivity index (χ0) is 51.5. The van der Waals surface area contributed by atoms with Crippen molar-refractivity contribution >= 4 is 78.7 Å². The average molecular weight is 1010 g/mol. The second kappa shape index (κ2) is 19.4. The van der Waals surface area contributed by atoms with Crippen molar-refractivity contribution in [3.63, 3.8) is 0 Å². The van der Waals surface area contributed by atoms with Gasteiger partial charge < -0.3 is 19.7 Å². The zero-order valence-electron chi connectivity index (χ0n) is 42.2. The minimum atomic E-state index is -0.744. The molecule has 3 aromatic heterocycles. The molecule has 3 aliphatic heterocycles. The van der Waals surface area contributed by atoms with Crippen molar-refractivity contribution in [2.75, 3.05) is 41.7 Å². The summed E-state index contributed by atoms with van der Waals surface area (Å²) in [6.45, 7) is 10.6. The summed E-state index contributed by atoms with van der Waals surface area (Å²) >= 11 is 1.44. The monoisotopic (exact) mass is 1010 g/mol. The highest BCUT2D eigenvalue weighted by molar-refractivity contribution is 7.22. The number of thiazole rings is 1. The van der Waals surface area contributed by atoms with Gasteiger partial charge in [0.15, 0.2) is 10.8 Å². The van der Waals surface area contributed by atoms with Gasteiger partial charge in [0, 0.05) is 48.8 Å². The van der Waals surface area contributed by atoms with Crippen molar-refractivity contribution in [2.24, 2.45) is 12.5 Å². The van der Waals surface area contributed by atoms with E-state index < -0.39 is 17.5 Å². The molecule has 4 amide bonds. The molecule has 1 saturated carbocycles. The number of hydrogen-bond acceptors (Lipinski definition) is 13. The maximum absolute atomic E-state index is 14.0. The molecule has 3 fully saturated rings. The van der Waals surface area contributed by atoms with Crippen LogP contribution in [-0.4, -0.2) is 92.1 Å². The van der Waals surface area contributed by atoms with E-state index in [9.17, 15) is 24.0 Å². The normalized spacial score (nSPS) is 18.0. The molecule has 17 heteroatoms. The zero-order valence-corrected chi connectivity index (χ0v) is 43.1. The molecule has 11 rings (SSSR count). The number of imide groups is 1. The number of amides is 4. The third kappa shape index (κ3) is 9.97. The van der Waals surface area contributed by atoms with Gasteiger partial charge in [-0.15, -0.1) is 0 Å². The predicted molar refractivity (Wildman–Crippen MR) is 285 cm³/mol. The minimum Gasteiger partial charge on any atom is -0.490 e. The van der Waals surface area contributed by atoms with Crippen molar-refractivity contribution in [2.45, 2.75) is 96.8 Å². The lowest BCUT2D eigenvalue weighted by Gasteiger charge is -2.51. The van der Waals surface area contributed by atoms with E-state index in [2.05, 4.69) is 41.9 Å². The first-order chi connectivity index (χ1) is 35.5. The number of aryl methyl sites for hydroxylation is 2. The van der Waals surface area contributed by atoms with Crippen LogP contribution >= 0.6 is 11.3 Å². The van der Waals surface area contributed by atoms with Crippen LogP contribution < -0.4 is 25.6 Å². The summed E-state index contributed by atoms with van der Waals surface area (Å²) in [4.78, 5) is 79.3. The number of ether oxygens (including phenoxy) is 2. The number of hydrogen-bond donors (Lipinski definition) is 3. The van der Waals surface area contributed by atoms with Gasteiger partial charge in [-0.25, -0.2) is 14.8 Å². The van der Waals surface area contributed by atoms with Crippen LogP contribution in [0.15, 0.2) is 91.0 Å². The lowest BCUT2D eigenvalue weighted by molar-refractivity contribution is -0.134. The molecule has 2 saturated heterocycles. The Hall–Kier alpha value is -7.50. The third-order valence-corrected chi connectivity index (χ3v) is 15.9. The Morgan fingerprint density at radius 3 is 2.45 bits per heavy atom. The highest BCUT2D eigenvalue weighted by Gasteiger charge is 2.47. The van der Waals surface area contributed by atoms with Gasteiger partial charge in [-0.05, 0) is 168 Å². The standard InChI is InChI=1S/C57H59N9O7S/c1-33-27-36(72-37-29-57(30-37)22-25-65(26-23-57)32-49(68)58-35-13-15-41-45(28-35)64(5)63-50(41)42-18-20-48(67)61-53(42)70)14-16-38(33)39-17-19-47(60-51(39)54(71)73-56(2,3)4)66-24-21-34-9-8-10-40(43(34)31-66)52(69)62-55-59-44-11-6-7-12-46(44)74-55/h6-17,19,27-28,37,42H,18,20-26,29-32H2,1-5H3,(H,58,68)(H,59,62,69)(H,61,67,70). The lowest BCUT2D eigenvalue weighted by Crippen LogP contribution is -2.51. The van der Waals surface area contributed by atoms with Crippen LogP contribution in [0.3, 0.4) is 0 Å². The van der Waals surface area contributed by atoms with Crippen molar-refractivity contribution in [3.05, 3.63) is 125 Å². The van der Waals surface area contributed by atoms with Crippen molar-refractivity contribution < 1.29 is 33.4 Å². The van der Waals surface area contributed by atoms with Crippen molar-refractivity contribution in [1.29, 1.82) is 0 Å². The minimum absolute atomic E-state index is 0.0829. The van der Waals surface area contributed by atoms with E-state index in [1.54, 1.807) is 4.68 Å². The fourth-order valence-corrected chi connectivity index (χ4v) is 12.0. The molecule has 1 atom stereocenters. The van der Waals surface area contributed by atoms with Gasteiger partial charge >= 0.3 is 5.97 Å². The van der Waals surface area contributed by atoms with Gasteiger partial charge in [-0.2, -0.15) is 5.10 Å². The van der Waals surface area contributed by atoms with Gasteiger partial charge in [-0.3, -0.25) is 39.4 Å². The van der Waals surface area contributed by atoms with E-state index in [-0.39, 0.29) is 47.3 Å². The van der Waals surface area contributed by atoms with Gasteiger partial charge in [-0.1, -0.05) is 41.7 Å². The molecular weight excluding hydrogens is 955 g/mol. The Labute approximate surface area is 432 Å². The molecule has 380 valence electrons. The topological polar surface area (TPSA) is 190 Å². The Morgan fingerprint density at radius 2 is 1.68 bits per heavy atom. The molecule has 16 nitrogen and oxygen atoms in total. The number of para-hydroxylation sites is 1. The molecule has 0 radical (unpaired) electrons. The SMILES string of the molecule is Cc1cc(OC2CC3(CCN(CC(=O)Nc4ccc5c(C6CCC(=O)NC6=O)nn(C)c5c4)CC3)C2)ccc1-c1ccc(N2CCc3cccc(C(=O)Nc4nc5ccccc5s4)c3C2)nc1C(=O)OC(C)(C)C. The van der Waals surface area contributed by atoms with Crippen LogP contribution in [-0.2, 0) is 39.1 Å². The molecule has 1 spiro atoms. The van der Waals surface area contributed by atoms with E-state index in [1.165, 1.54) is 11.3 Å². The number of rotatable bonds is 11. The summed E-state index contributed by atoms with van der Waals surface area (Å²) < 4.78 is 15.2. The first kappa shape index (κ1) is 48.8. The van der Waals surface area contributed by atoms with E-state index in [4.69, 9.17) is 14.5 Å². The van der Waals surface area contributed by atoms with Crippen molar-refractivity contribution in [1.82, 2.24) is 30.0 Å². The Bertz CT molecular complexity index is 3360. The highest BCUT2D eigenvalue weighted by Crippen LogP contribution is 2.50. The molecule has 74 heavy (non-hydrogen) atoms. The number of anilines is 3. The van der Waals surface area contributed by atoms with Crippen LogP contribution in [0.4, 0.5) is 16.6 Å². The number of carbonyl (C=O) groups is 5. The summed E-state index contributed by atoms with van der Waals surface area (Å²) in [5.41, 5.74) is 7.67. The summed E-state index contributed by atoms with van der Waals surface area (Å²) in [7, 11) is 1.81. The molecule has 3 N–H and O–H groups in total. The fourth-order valence-electron chi connectivity index (χ4n) is 11.2. The Kier molecular flexibility index (Phi) is 12.8. The Morgan fingerprint density at radius 1 is 0.878 bits per heavy atom. The van der Waals surface area contributed by atoms with E-state index >= 15 is 0 Å². The van der Waals surface area contributed by atoms with Crippen LogP contribution in [0.1, 0.15) is 108 Å². The number of likely N-dealkylation sites (tertiary alicyclic amines) is 1. The largest absolute Gasteiger partial charge is 0.490 e. The van der Waals surface area contributed by atoms with Crippen molar-refractivity contribution in [3.8, 4) is 16.9 Å². The lowest BCUT2D eigenvalue weighted by atomic mass is 9.61. The second-order valence-corrected chi connectivity index (χ2v) is 22.3. The van der Waals surface area contributed by atoms with Crippen LogP contribution in [0.2, 0.25) is 0 Å². The van der Waals surface area contributed by atoms with Gasteiger partial charge in [0.1, 0.15) is 17.2 Å². The molecule has 1 unspecified atom stereocenters. The number of carbonyl (C=O) groups excluding carboxylic acids is 5. The number of esters is 1. The number of nitrogens with one attached hydrogen (secondary N) is 3. The number of nitrogens with zero attached hydrogens (tertiary/aromatic N) is 6. The molecular formula is C57H59N9O7S. The molecule has 1 aliphatic carbocycles. The molecule has 0 bridgehead atoms. The quantitative estimate of drug-likeness (QED) is 0.0825. The average Bonchev–Trinajstić information content (AvgIpc) is 3.92. The maximum atomic E-state index is 14.0. The number of fused-ring (bicyclic) bond motifs is 3. The first-order valence-corrected chi connectivity index (χ1v) is 26.2. The fraction of sp³-hybridized carbons (Fsp3) is 0.368. The molecule has 7 aromatic rings. The number of benzene rings is 4. The summed E-state index contributed by atoms with van der Waals surface area (Å²) in [6.07, 6.45) is 5.36. The number of pyridine rings is 1. The predicted octanol–water partition coefficient (Wildman–Crippen LogP) is 9.11.